The predicted molar refractivity (Wildman–Crippen MR) is 96.2 cm³/mol. The van der Waals surface area contributed by atoms with Crippen molar-refractivity contribution in [3.05, 3.63) is 54.1 Å². The number of piperidine rings is 1. The summed E-state index contributed by atoms with van der Waals surface area (Å²) in [5.74, 6) is 0.830. The summed E-state index contributed by atoms with van der Waals surface area (Å²) < 4.78 is 5.48. The minimum absolute atomic E-state index is 0.0602. The van der Waals surface area contributed by atoms with E-state index in [-0.39, 0.29) is 11.9 Å². The number of hydrogen-bond donors (Lipinski definition) is 1. The largest absolute Gasteiger partial charge is 0.496 e. The average Bonchev–Trinajstić information content (AvgIpc) is 2.67. The molecular formula is C20H24N2O2. The van der Waals surface area contributed by atoms with E-state index in [1.807, 2.05) is 53.4 Å². The molecule has 0 bridgehead atoms. The fourth-order valence-electron chi connectivity index (χ4n) is 3.36. The Morgan fingerprint density at radius 1 is 1.21 bits per heavy atom. The first-order valence-corrected chi connectivity index (χ1v) is 8.49. The molecule has 1 atom stereocenters. The summed E-state index contributed by atoms with van der Waals surface area (Å²) in [7, 11) is 1.65. The first-order chi connectivity index (χ1) is 11.7. The van der Waals surface area contributed by atoms with Crippen LogP contribution in [0, 0.1) is 0 Å². The number of methoxy groups -OCH3 is 1. The van der Waals surface area contributed by atoms with Crippen molar-refractivity contribution in [2.24, 2.45) is 5.73 Å². The van der Waals surface area contributed by atoms with Gasteiger partial charge < -0.3 is 15.4 Å². The maximum Gasteiger partial charge on any atom is 0.254 e. The van der Waals surface area contributed by atoms with Crippen molar-refractivity contribution in [2.45, 2.75) is 25.3 Å². The summed E-state index contributed by atoms with van der Waals surface area (Å²) in [6, 6.07) is 15.8. The van der Waals surface area contributed by atoms with E-state index in [2.05, 4.69) is 0 Å². The highest BCUT2D eigenvalue weighted by Gasteiger charge is 2.26. The highest BCUT2D eigenvalue weighted by atomic mass is 16.5. The molecule has 0 saturated carbocycles. The minimum atomic E-state index is 0.0602. The van der Waals surface area contributed by atoms with Crippen LogP contribution in [0.2, 0.25) is 0 Å². The summed E-state index contributed by atoms with van der Waals surface area (Å²) in [5.41, 5.74) is 8.53. The van der Waals surface area contributed by atoms with Crippen LogP contribution < -0.4 is 10.5 Å². The second-order valence-corrected chi connectivity index (χ2v) is 6.16. The van der Waals surface area contributed by atoms with Gasteiger partial charge in [-0.1, -0.05) is 30.3 Å². The van der Waals surface area contributed by atoms with Gasteiger partial charge in [0.1, 0.15) is 5.75 Å². The van der Waals surface area contributed by atoms with Crippen LogP contribution in [0.15, 0.2) is 48.5 Å². The highest BCUT2D eigenvalue weighted by molar-refractivity contribution is 5.96. The molecular weight excluding hydrogens is 300 g/mol. The van der Waals surface area contributed by atoms with Crippen LogP contribution in [0.3, 0.4) is 0 Å². The number of nitrogens with two attached hydrogens (primary N) is 1. The van der Waals surface area contributed by atoms with Crippen molar-refractivity contribution in [2.75, 3.05) is 20.2 Å². The molecule has 1 aliphatic rings. The van der Waals surface area contributed by atoms with Crippen LogP contribution in [0.25, 0.3) is 11.1 Å². The summed E-state index contributed by atoms with van der Waals surface area (Å²) in [4.78, 5) is 14.9. The molecule has 24 heavy (non-hydrogen) atoms. The Hall–Kier alpha value is -2.33. The number of likely N-dealkylation sites (tertiary alicyclic amines) is 1. The zero-order valence-electron chi connectivity index (χ0n) is 14.1. The van der Waals surface area contributed by atoms with Crippen molar-refractivity contribution in [3.8, 4) is 16.9 Å². The molecule has 1 aliphatic heterocycles. The third-order valence-electron chi connectivity index (χ3n) is 4.69. The van der Waals surface area contributed by atoms with E-state index in [9.17, 15) is 4.79 Å². The number of nitrogens with zero attached hydrogens (tertiary/aromatic N) is 1. The van der Waals surface area contributed by atoms with Gasteiger partial charge in [-0.3, -0.25) is 4.79 Å². The van der Waals surface area contributed by atoms with E-state index < -0.39 is 0 Å². The predicted octanol–water partition coefficient (Wildman–Crippen LogP) is 3.32. The molecule has 1 saturated heterocycles. The first kappa shape index (κ1) is 16.5. The fraction of sp³-hybridized carbons (Fsp3) is 0.350. The van der Waals surface area contributed by atoms with E-state index >= 15 is 0 Å². The van der Waals surface area contributed by atoms with Gasteiger partial charge in [-0.2, -0.15) is 0 Å². The SMILES string of the molecule is COc1ccc(C(=O)N2CCCC[C@@H]2CN)cc1-c1ccccc1. The lowest BCUT2D eigenvalue weighted by Crippen LogP contribution is -2.47. The van der Waals surface area contributed by atoms with E-state index in [4.69, 9.17) is 10.5 Å². The fourth-order valence-corrected chi connectivity index (χ4v) is 3.36. The number of amides is 1. The molecule has 3 rings (SSSR count). The smallest absolute Gasteiger partial charge is 0.254 e. The number of ether oxygens (including phenoxy) is 1. The average molecular weight is 324 g/mol. The Morgan fingerprint density at radius 3 is 2.71 bits per heavy atom. The molecule has 0 radical (unpaired) electrons. The molecule has 126 valence electrons. The summed E-state index contributed by atoms with van der Waals surface area (Å²) >= 11 is 0. The molecule has 1 fully saturated rings. The number of rotatable bonds is 4. The summed E-state index contributed by atoms with van der Waals surface area (Å²) in [6.07, 6.45) is 3.18. The van der Waals surface area contributed by atoms with Gasteiger partial charge in [-0.05, 0) is 43.0 Å². The molecule has 0 unspecified atom stereocenters. The molecule has 2 aromatic rings. The van der Waals surface area contributed by atoms with Gasteiger partial charge in [0.2, 0.25) is 0 Å². The number of carbonyl (C=O) groups is 1. The van der Waals surface area contributed by atoms with Gasteiger partial charge in [0.05, 0.1) is 7.11 Å². The Morgan fingerprint density at radius 2 is 2.00 bits per heavy atom. The molecule has 4 heteroatoms. The Balaban J connectivity index is 1.95. The van der Waals surface area contributed by atoms with Crippen LogP contribution in [-0.2, 0) is 0 Å². The highest BCUT2D eigenvalue weighted by Crippen LogP contribution is 2.31. The van der Waals surface area contributed by atoms with Crippen molar-refractivity contribution in [3.63, 3.8) is 0 Å². The van der Waals surface area contributed by atoms with Crippen molar-refractivity contribution in [1.29, 1.82) is 0 Å². The molecule has 4 nitrogen and oxygen atoms in total. The molecule has 2 aromatic carbocycles. The Labute approximate surface area is 143 Å². The second-order valence-electron chi connectivity index (χ2n) is 6.16. The topological polar surface area (TPSA) is 55.6 Å². The van der Waals surface area contributed by atoms with Crippen LogP contribution in [-0.4, -0.2) is 37.0 Å². The van der Waals surface area contributed by atoms with Crippen molar-refractivity contribution < 1.29 is 9.53 Å². The van der Waals surface area contributed by atoms with E-state index in [0.29, 0.717) is 12.1 Å². The molecule has 1 heterocycles. The van der Waals surface area contributed by atoms with Crippen LogP contribution in [0.5, 0.6) is 5.75 Å². The van der Waals surface area contributed by atoms with Gasteiger partial charge in [-0.15, -0.1) is 0 Å². The van der Waals surface area contributed by atoms with Crippen molar-refractivity contribution >= 4 is 5.91 Å². The van der Waals surface area contributed by atoms with Crippen LogP contribution in [0.4, 0.5) is 0 Å². The first-order valence-electron chi connectivity index (χ1n) is 8.49. The van der Waals surface area contributed by atoms with E-state index in [1.54, 1.807) is 7.11 Å². The third-order valence-corrected chi connectivity index (χ3v) is 4.69. The molecule has 0 aliphatic carbocycles. The third kappa shape index (κ3) is 3.29. The normalized spacial score (nSPS) is 17.6. The zero-order chi connectivity index (χ0) is 16.9. The lowest BCUT2D eigenvalue weighted by molar-refractivity contribution is 0.0623. The van der Waals surface area contributed by atoms with Gasteiger partial charge in [-0.25, -0.2) is 0 Å². The molecule has 0 spiro atoms. The maximum absolute atomic E-state index is 13.0. The maximum atomic E-state index is 13.0. The van der Waals surface area contributed by atoms with Crippen LogP contribution >= 0.6 is 0 Å². The summed E-state index contributed by atoms with van der Waals surface area (Å²) in [5, 5.41) is 0. The second kappa shape index (κ2) is 7.49. The Bertz CT molecular complexity index is 700. The lowest BCUT2D eigenvalue weighted by Gasteiger charge is -2.35. The standard InChI is InChI=1S/C20H24N2O2/c1-24-19-11-10-16(13-18(19)15-7-3-2-4-8-15)20(23)22-12-6-5-9-17(22)14-21/h2-4,7-8,10-11,13,17H,5-6,9,12,14,21H2,1H3/t17-/m1/s1. The van der Waals surface area contributed by atoms with E-state index in [0.717, 1.165) is 42.7 Å². The summed E-state index contributed by atoms with van der Waals surface area (Å²) in [6.45, 7) is 1.31. The van der Waals surface area contributed by atoms with Gasteiger partial charge in [0, 0.05) is 30.3 Å². The number of benzene rings is 2. The lowest BCUT2D eigenvalue weighted by atomic mass is 9.98. The monoisotopic (exact) mass is 324 g/mol. The molecule has 2 N–H and O–H groups in total. The van der Waals surface area contributed by atoms with Crippen LogP contribution in [0.1, 0.15) is 29.6 Å². The molecule has 0 aromatic heterocycles. The zero-order valence-corrected chi connectivity index (χ0v) is 14.1. The Kier molecular flexibility index (Phi) is 5.16. The van der Waals surface area contributed by atoms with Gasteiger partial charge in [0.15, 0.2) is 0 Å². The van der Waals surface area contributed by atoms with Gasteiger partial charge in [0.25, 0.3) is 5.91 Å². The quantitative estimate of drug-likeness (QED) is 0.938. The van der Waals surface area contributed by atoms with E-state index in [1.165, 1.54) is 0 Å². The van der Waals surface area contributed by atoms with Crippen molar-refractivity contribution in [1.82, 2.24) is 4.90 Å². The molecule has 1 amide bonds. The van der Waals surface area contributed by atoms with Gasteiger partial charge >= 0.3 is 0 Å². The minimum Gasteiger partial charge on any atom is -0.496 e. The number of carbonyl (C=O) groups excluding carboxylic acids is 1. The number of hydrogen-bond acceptors (Lipinski definition) is 3.